The Morgan fingerprint density at radius 3 is 2.52 bits per heavy atom. The number of aromatic nitrogens is 2. The fraction of sp³-hybridized carbons (Fsp3) is 0.375. The molecule has 1 heterocycles. The van der Waals surface area contributed by atoms with Crippen LogP contribution in [0.5, 0.6) is 0 Å². The van der Waals surface area contributed by atoms with Gasteiger partial charge in [0.1, 0.15) is 11.6 Å². The first-order valence-corrected chi connectivity index (χ1v) is 6.92. The van der Waals surface area contributed by atoms with E-state index in [1.54, 1.807) is 6.20 Å². The van der Waals surface area contributed by atoms with E-state index in [1.807, 2.05) is 0 Å². The van der Waals surface area contributed by atoms with Crippen LogP contribution >= 0.6 is 0 Å². The minimum atomic E-state index is -0.636. The number of nitrogens with two attached hydrogens (primary N) is 1. The van der Waals surface area contributed by atoms with Crippen LogP contribution in [0, 0.1) is 17.0 Å². The highest BCUT2D eigenvalue weighted by Crippen LogP contribution is 2.38. The van der Waals surface area contributed by atoms with Gasteiger partial charge in [0.25, 0.3) is 0 Å². The molecule has 0 bridgehead atoms. The summed E-state index contributed by atoms with van der Waals surface area (Å²) in [6, 6.07) is 3.21. The van der Waals surface area contributed by atoms with E-state index in [2.05, 4.69) is 23.8 Å². The van der Waals surface area contributed by atoms with Crippen molar-refractivity contribution in [2.45, 2.75) is 32.7 Å². The fourth-order valence-electron chi connectivity index (χ4n) is 2.93. The van der Waals surface area contributed by atoms with Gasteiger partial charge in [0.2, 0.25) is 0 Å². The third-order valence-corrected chi connectivity index (χ3v) is 3.84. The molecule has 0 radical (unpaired) electrons. The molecule has 3 nitrogen and oxygen atoms in total. The normalized spacial score (nSPS) is 20.1. The minimum Gasteiger partial charge on any atom is -0.324 e. The molecule has 0 amide bonds. The molecule has 0 saturated heterocycles. The number of hydrogen-bond acceptors (Lipinski definition) is 3. The van der Waals surface area contributed by atoms with Gasteiger partial charge in [-0.3, -0.25) is 0 Å². The largest absolute Gasteiger partial charge is 0.324 e. The molecule has 3 rings (SSSR count). The van der Waals surface area contributed by atoms with Gasteiger partial charge in [0, 0.05) is 35.1 Å². The summed E-state index contributed by atoms with van der Waals surface area (Å²) in [5.41, 5.74) is 8.35. The minimum absolute atomic E-state index is 0.0607. The van der Waals surface area contributed by atoms with Crippen LogP contribution in [0.3, 0.4) is 0 Å². The Bertz CT molecular complexity index is 678. The molecule has 0 spiro atoms. The van der Waals surface area contributed by atoms with Crippen LogP contribution in [-0.4, -0.2) is 9.97 Å². The summed E-state index contributed by atoms with van der Waals surface area (Å²) in [5.74, 6) is -0.941. The zero-order chi connectivity index (χ0) is 15.2. The average molecular weight is 289 g/mol. The van der Waals surface area contributed by atoms with Crippen molar-refractivity contribution in [3.05, 3.63) is 47.3 Å². The number of benzene rings is 1. The molecule has 1 atom stereocenters. The lowest BCUT2D eigenvalue weighted by Gasteiger charge is -2.34. The van der Waals surface area contributed by atoms with Crippen molar-refractivity contribution in [2.24, 2.45) is 11.1 Å². The van der Waals surface area contributed by atoms with E-state index in [0.29, 0.717) is 11.4 Å². The SMILES string of the molecule is CC1(C)Cc2nc(-c3cc(F)cc(F)c3)ncc2C(N)C1. The molecule has 1 aromatic heterocycles. The number of hydrogen-bond donors (Lipinski definition) is 1. The summed E-state index contributed by atoms with van der Waals surface area (Å²) in [7, 11) is 0. The molecular formula is C16H17F2N3. The number of halogens is 2. The molecule has 21 heavy (non-hydrogen) atoms. The molecule has 2 N–H and O–H groups in total. The van der Waals surface area contributed by atoms with Crippen LogP contribution in [0.2, 0.25) is 0 Å². The first-order chi connectivity index (χ1) is 9.84. The maximum absolute atomic E-state index is 13.3. The van der Waals surface area contributed by atoms with Gasteiger partial charge in [0.15, 0.2) is 5.82 Å². The Labute approximate surface area is 122 Å². The van der Waals surface area contributed by atoms with Crippen LogP contribution in [0.15, 0.2) is 24.4 Å². The third kappa shape index (κ3) is 2.78. The van der Waals surface area contributed by atoms with Crippen LogP contribution in [-0.2, 0) is 6.42 Å². The van der Waals surface area contributed by atoms with Crippen LogP contribution < -0.4 is 5.73 Å². The Hall–Kier alpha value is -1.88. The van der Waals surface area contributed by atoms with Crippen molar-refractivity contribution in [1.29, 1.82) is 0 Å². The standard InChI is InChI=1S/C16H17F2N3/c1-16(2)6-13(19)12-8-20-15(21-14(12)7-16)9-3-10(17)5-11(18)4-9/h3-5,8,13H,6-7,19H2,1-2H3. The van der Waals surface area contributed by atoms with Crippen molar-refractivity contribution < 1.29 is 8.78 Å². The Kier molecular flexibility index (Phi) is 3.24. The highest BCUT2D eigenvalue weighted by atomic mass is 19.1. The summed E-state index contributed by atoms with van der Waals surface area (Å²) in [4.78, 5) is 8.71. The molecule has 0 fully saturated rings. The van der Waals surface area contributed by atoms with Crippen molar-refractivity contribution in [3.63, 3.8) is 0 Å². The van der Waals surface area contributed by atoms with Crippen LogP contribution in [0.1, 0.15) is 37.6 Å². The van der Waals surface area contributed by atoms with Crippen molar-refractivity contribution in [2.75, 3.05) is 0 Å². The lowest BCUT2D eigenvalue weighted by atomic mass is 9.74. The fourth-order valence-corrected chi connectivity index (χ4v) is 2.93. The topological polar surface area (TPSA) is 51.8 Å². The zero-order valence-electron chi connectivity index (χ0n) is 12.0. The summed E-state index contributed by atoms with van der Waals surface area (Å²) in [6.07, 6.45) is 3.33. The second-order valence-corrected chi connectivity index (χ2v) is 6.41. The van der Waals surface area contributed by atoms with Gasteiger partial charge < -0.3 is 5.73 Å². The monoisotopic (exact) mass is 289 g/mol. The average Bonchev–Trinajstić information content (AvgIpc) is 2.35. The third-order valence-electron chi connectivity index (χ3n) is 3.84. The maximum Gasteiger partial charge on any atom is 0.159 e. The van der Waals surface area contributed by atoms with E-state index < -0.39 is 11.6 Å². The van der Waals surface area contributed by atoms with Gasteiger partial charge in [-0.25, -0.2) is 18.7 Å². The lowest BCUT2D eigenvalue weighted by Crippen LogP contribution is -2.30. The molecule has 1 aliphatic rings. The van der Waals surface area contributed by atoms with Crippen molar-refractivity contribution >= 4 is 0 Å². The molecule has 1 aromatic carbocycles. The molecule has 110 valence electrons. The first-order valence-electron chi connectivity index (χ1n) is 6.92. The Morgan fingerprint density at radius 2 is 1.86 bits per heavy atom. The van der Waals surface area contributed by atoms with Gasteiger partial charge in [-0.2, -0.15) is 0 Å². The molecule has 0 saturated carbocycles. The zero-order valence-corrected chi connectivity index (χ0v) is 12.0. The molecule has 2 aromatic rings. The smallest absolute Gasteiger partial charge is 0.159 e. The van der Waals surface area contributed by atoms with Crippen molar-refractivity contribution in [3.8, 4) is 11.4 Å². The van der Waals surface area contributed by atoms with Crippen molar-refractivity contribution in [1.82, 2.24) is 9.97 Å². The summed E-state index contributed by atoms with van der Waals surface area (Å²) in [6.45, 7) is 4.28. The number of fused-ring (bicyclic) bond motifs is 1. The van der Waals surface area contributed by atoms with Gasteiger partial charge in [-0.05, 0) is 30.4 Å². The summed E-state index contributed by atoms with van der Waals surface area (Å²) in [5, 5.41) is 0. The highest BCUT2D eigenvalue weighted by Gasteiger charge is 2.31. The van der Waals surface area contributed by atoms with Gasteiger partial charge in [-0.15, -0.1) is 0 Å². The lowest BCUT2D eigenvalue weighted by molar-refractivity contribution is 0.278. The predicted molar refractivity (Wildman–Crippen MR) is 76.4 cm³/mol. The molecule has 1 unspecified atom stereocenters. The van der Waals surface area contributed by atoms with Gasteiger partial charge in [0.05, 0.1) is 0 Å². The van der Waals surface area contributed by atoms with E-state index in [0.717, 1.165) is 30.2 Å². The van der Waals surface area contributed by atoms with E-state index in [9.17, 15) is 8.78 Å². The molecule has 0 aliphatic heterocycles. The quantitative estimate of drug-likeness (QED) is 0.875. The number of nitrogens with zero attached hydrogens (tertiary/aromatic N) is 2. The maximum atomic E-state index is 13.3. The van der Waals surface area contributed by atoms with Crippen LogP contribution in [0.25, 0.3) is 11.4 Å². The second kappa shape index (κ2) is 4.84. The number of rotatable bonds is 1. The summed E-state index contributed by atoms with van der Waals surface area (Å²) >= 11 is 0. The molecule has 1 aliphatic carbocycles. The predicted octanol–water partition coefficient (Wildman–Crippen LogP) is 3.39. The Morgan fingerprint density at radius 1 is 1.19 bits per heavy atom. The van der Waals surface area contributed by atoms with Gasteiger partial charge in [-0.1, -0.05) is 13.8 Å². The van der Waals surface area contributed by atoms with Gasteiger partial charge >= 0.3 is 0 Å². The van der Waals surface area contributed by atoms with E-state index in [-0.39, 0.29) is 11.5 Å². The van der Waals surface area contributed by atoms with E-state index in [4.69, 9.17) is 5.73 Å². The summed E-state index contributed by atoms with van der Waals surface area (Å²) < 4.78 is 26.6. The molecule has 5 heteroatoms. The van der Waals surface area contributed by atoms with E-state index >= 15 is 0 Å². The first kappa shape index (κ1) is 14.1. The molecular weight excluding hydrogens is 272 g/mol. The van der Waals surface area contributed by atoms with E-state index in [1.165, 1.54) is 12.1 Å². The van der Waals surface area contributed by atoms with Crippen LogP contribution in [0.4, 0.5) is 8.78 Å². The Balaban J connectivity index is 2.07. The highest BCUT2D eigenvalue weighted by molar-refractivity contribution is 5.55. The second-order valence-electron chi connectivity index (χ2n) is 6.41.